The summed E-state index contributed by atoms with van der Waals surface area (Å²) in [5.74, 6) is -0.906. The molecule has 0 saturated heterocycles. The fourth-order valence-electron chi connectivity index (χ4n) is 1.29. The Morgan fingerprint density at radius 1 is 1.53 bits per heavy atom. The molecule has 1 N–H and O–H groups in total. The van der Waals surface area contributed by atoms with E-state index < -0.39 is 11.5 Å². The van der Waals surface area contributed by atoms with Crippen molar-refractivity contribution < 1.29 is 9.90 Å². The van der Waals surface area contributed by atoms with E-state index in [9.17, 15) is 4.79 Å². The van der Waals surface area contributed by atoms with Crippen molar-refractivity contribution in [1.29, 1.82) is 5.26 Å². The number of rotatable bonds is 3. The minimum atomic E-state index is -1.02. The summed E-state index contributed by atoms with van der Waals surface area (Å²) in [5, 5.41) is 17.9. The molecule has 0 unspecified atom stereocenters. The lowest BCUT2D eigenvalue weighted by Gasteiger charge is -2.34. The molecule has 0 radical (unpaired) electrons. The number of nitrogens with zero attached hydrogens (tertiary/aromatic N) is 2. The van der Waals surface area contributed by atoms with Gasteiger partial charge in [-0.25, -0.2) is 4.79 Å². The number of likely N-dealkylation sites (N-methyl/N-ethyl adjacent to an activating group) is 1. The van der Waals surface area contributed by atoms with E-state index >= 15 is 0 Å². The summed E-state index contributed by atoms with van der Waals surface area (Å²) in [6, 6.07) is 7.09. The van der Waals surface area contributed by atoms with Crippen LogP contribution < -0.4 is 4.90 Å². The first-order valence-corrected chi connectivity index (χ1v) is 5.77. The summed E-state index contributed by atoms with van der Waals surface area (Å²) in [4.78, 5) is 12.8. The van der Waals surface area contributed by atoms with Gasteiger partial charge in [0.2, 0.25) is 0 Å². The van der Waals surface area contributed by atoms with Gasteiger partial charge < -0.3 is 10.0 Å². The number of aliphatic carboxylic acids is 1. The van der Waals surface area contributed by atoms with Crippen LogP contribution in [0.3, 0.4) is 0 Å². The molecule has 0 fully saturated rings. The maximum absolute atomic E-state index is 11.2. The van der Waals surface area contributed by atoms with Gasteiger partial charge in [0.05, 0.1) is 17.3 Å². The summed E-state index contributed by atoms with van der Waals surface area (Å²) in [5.41, 5.74) is 0.245. The second kappa shape index (κ2) is 4.76. The standard InChI is InChI=1S/C12H13BrN2O2/c1-12(2,11(16)17)15(3)10-5-4-8(7-14)6-9(10)13/h4-6H,1-3H3,(H,16,17). The Labute approximate surface area is 109 Å². The Kier molecular flexibility index (Phi) is 3.79. The molecule has 0 heterocycles. The molecule has 0 atom stereocenters. The molecular weight excluding hydrogens is 284 g/mol. The molecule has 4 nitrogen and oxygen atoms in total. The lowest BCUT2D eigenvalue weighted by atomic mass is 10.0. The van der Waals surface area contributed by atoms with Crippen LogP contribution in [0.25, 0.3) is 0 Å². The molecule has 0 aromatic heterocycles. The van der Waals surface area contributed by atoms with E-state index in [2.05, 4.69) is 15.9 Å². The highest BCUT2D eigenvalue weighted by Gasteiger charge is 2.33. The zero-order valence-electron chi connectivity index (χ0n) is 9.86. The van der Waals surface area contributed by atoms with Gasteiger partial charge in [-0.15, -0.1) is 0 Å². The summed E-state index contributed by atoms with van der Waals surface area (Å²) in [6.07, 6.45) is 0. The van der Waals surface area contributed by atoms with Crippen LogP contribution >= 0.6 is 15.9 Å². The normalized spacial score (nSPS) is 10.8. The number of carboxylic acid groups (broad SMARTS) is 1. The number of carbonyl (C=O) groups is 1. The Balaban J connectivity index is 3.18. The maximum Gasteiger partial charge on any atom is 0.328 e. The van der Waals surface area contributed by atoms with Crippen molar-refractivity contribution in [3.63, 3.8) is 0 Å². The number of hydrogen-bond acceptors (Lipinski definition) is 3. The Morgan fingerprint density at radius 2 is 2.12 bits per heavy atom. The lowest BCUT2D eigenvalue weighted by molar-refractivity contribution is -0.142. The van der Waals surface area contributed by atoms with E-state index in [-0.39, 0.29) is 0 Å². The topological polar surface area (TPSA) is 64.3 Å². The number of anilines is 1. The van der Waals surface area contributed by atoms with Crippen LogP contribution in [0, 0.1) is 11.3 Å². The van der Waals surface area contributed by atoms with Crippen LogP contribution in [0.2, 0.25) is 0 Å². The van der Waals surface area contributed by atoms with Crippen LogP contribution in [0.5, 0.6) is 0 Å². The van der Waals surface area contributed by atoms with Gasteiger partial charge in [-0.3, -0.25) is 0 Å². The first kappa shape index (κ1) is 13.5. The number of hydrogen-bond donors (Lipinski definition) is 1. The quantitative estimate of drug-likeness (QED) is 0.931. The van der Waals surface area contributed by atoms with Gasteiger partial charge in [0.15, 0.2) is 0 Å². The van der Waals surface area contributed by atoms with E-state index in [1.165, 1.54) is 0 Å². The second-order valence-corrected chi connectivity index (χ2v) is 5.06. The predicted octanol–water partition coefficient (Wildman–Crippen LogP) is 2.62. The van der Waals surface area contributed by atoms with Crippen molar-refractivity contribution in [3.8, 4) is 6.07 Å². The van der Waals surface area contributed by atoms with Gasteiger partial charge in [0.25, 0.3) is 0 Å². The van der Waals surface area contributed by atoms with Gasteiger partial charge in [-0.2, -0.15) is 5.26 Å². The van der Waals surface area contributed by atoms with E-state index in [1.807, 2.05) is 6.07 Å². The highest BCUT2D eigenvalue weighted by atomic mass is 79.9. The van der Waals surface area contributed by atoms with Gasteiger partial charge in [-0.1, -0.05) is 0 Å². The van der Waals surface area contributed by atoms with Gasteiger partial charge in [0.1, 0.15) is 5.54 Å². The fourth-order valence-corrected chi connectivity index (χ4v) is 1.94. The van der Waals surface area contributed by atoms with Crippen LogP contribution in [-0.4, -0.2) is 23.7 Å². The highest BCUT2D eigenvalue weighted by Crippen LogP contribution is 2.30. The zero-order valence-corrected chi connectivity index (χ0v) is 11.4. The SMILES string of the molecule is CN(c1ccc(C#N)cc1Br)C(C)(C)C(=O)O. The van der Waals surface area contributed by atoms with E-state index in [1.54, 1.807) is 44.0 Å². The minimum absolute atomic E-state index is 0.530. The third kappa shape index (κ3) is 2.59. The lowest BCUT2D eigenvalue weighted by Crippen LogP contribution is -2.48. The summed E-state index contributed by atoms with van der Waals surface area (Å²) < 4.78 is 0.702. The Hall–Kier alpha value is -1.54. The first-order chi connectivity index (χ1) is 7.80. The van der Waals surface area contributed by atoms with E-state index in [0.29, 0.717) is 10.0 Å². The van der Waals surface area contributed by atoms with Crippen LogP contribution in [0.15, 0.2) is 22.7 Å². The van der Waals surface area contributed by atoms with Crippen LogP contribution in [0.4, 0.5) is 5.69 Å². The van der Waals surface area contributed by atoms with Crippen LogP contribution in [0.1, 0.15) is 19.4 Å². The molecule has 90 valence electrons. The van der Waals surface area contributed by atoms with Gasteiger partial charge in [0, 0.05) is 11.5 Å². The van der Waals surface area contributed by atoms with Crippen LogP contribution in [-0.2, 0) is 4.79 Å². The van der Waals surface area contributed by atoms with E-state index in [4.69, 9.17) is 10.4 Å². The van der Waals surface area contributed by atoms with E-state index in [0.717, 1.165) is 5.69 Å². The van der Waals surface area contributed by atoms with Crippen molar-refractivity contribution in [3.05, 3.63) is 28.2 Å². The number of halogens is 1. The molecule has 0 aliphatic heterocycles. The number of carboxylic acids is 1. The third-order valence-corrected chi connectivity index (χ3v) is 3.44. The molecule has 1 aromatic carbocycles. The molecule has 17 heavy (non-hydrogen) atoms. The molecule has 0 amide bonds. The second-order valence-electron chi connectivity index (χ2n) is 4.20. The third-order valence-electron chi connectivity index (χ3n) is 2.80. The number of nitriles is 1. The molecule has 1 rings (SSSR count). The van der Waals surface area contributed by atoms with Crippen molar-refractivity contribution in [1.82, 2.24) is 0 Å². The average Bonchev–Trinajstić information content (AvgIpc) is 2.27. The largest absolute Gasteiger partial charge is 0.480 e. The smallest absolute Gasteiger partial charge is 0.328 e. The Morgan fingerprint density at radius 3 is 2.53 bits per heavy atom. The predicted molar refractivity (Wildman–Crippen MR) is 69.0 cm³/mol. The van der Waals surface area contributed by atoms with Crippen molar-refractivity contribution >= 4 is 27.6 Å². The maximum atomic E-state index is 11.2. The molecule has 0 saturated carbocycles. The van der Waals surface area contributed by atoms with Crippen molar-refractivity contribution in [2.45, 2.75) is 19.4 Å². The molecule has 0 aliphatic rings. The monoisotopic (exact) mass is 296 g/mol. The average molecular weight is 297 g/mol. The van der Waals surface area contributed by atoms with Crippen molar-refractivity contribution in [2.24, 2.45) is 0 Å². The summed E-state index contributed by atoms with van der Waals surface area (Å²) >= 11 is 3.34. The first-order valence-electron chi connectivity index (χ1n) is 4.97. The molecule has 1 aromatic rings. The summed E-state index contributed by atoms with van der Waals surface area (Å²) in [6.45, 7) is 3.25. The van der Waals surface area contributed by atoms with Crippen molar-refractivity contribution in [2.75, 3.05) is 11.9 Å². The molecule has 5 heteroatoms. The Bertz CT molecular complexity index is 492. The summed E-state index contributed by atoms with van der Waals surface area (Å²) in [7, 11) is 1.71. The fraction of sp³-hybridized carbons (Fsp3) is 0.333. The molecule has 0 bridgehead atoms. The molecule has 0 spiro atoms. The molecular formula is C12H13BrN2O2. The van der Waals surface area contributed by atoms with Gasteiger partial charge in [-0.05, 0) is 48.0 Å². The minimum Gasteiger partial charge on any atom is -0.480 e. The molecule has 0 aliphatic carbocycles. The zero-order chi connectivity index (χ0) is 13.2. The number of benzene rings is 1. The van der Waals surface area contributed by atoms with Gasteiger partial charge >= 0.3 is 5.97 Å². The highest BCUT2D eigenvalue weighted by molar-refractivity contribution is 9.10.